The van der Waals surface area contributed by atoms with Crippen molar-refractivity contribution in [1.82, 2.24) is 4.90 Å². The summed E-state index contributed by atoms with van der Waals surface area (Å²) < 4.78 is 5.96. The van der Waals surface area contributed by atoms with Crippen molar-refractivity contribution in [2.75, 3.05) is 26.3 Å². The third-order valence-corrected chi connectivity index (χ3v) is 6.79. The maximum absolute atomic E-state index is 12.5. The highest BCUT2D eigenvalue weighted by Gasteiger charge is 2.22. The van der Waals surface area contributed by atoms with Crippen molar-refractivity contribution in [3.63, 3.8) is 0 Å². The number of carbonyl (C=O) groups is 1. The molecule has 0 aromatic heterocycles. The van der Waals surface area contributed by atoms with E-state index < -0.39 is 0 Å². The first kappa shape index (κ1) is 26.1. The van der Waals surface area contributed by atoms with Gasteiger partial charge in [0.15, 0.2) is 6.61 Å². The topological polar surface area (TPSA) is 71.4 Å². The predicted octanol–water partition coefficient (Wildman–Crippen LogP) is 6.04. The Morgan fingerprint density at radius 2 is 1.97 bits per heavy atom. The normalized spacial score (nSPS) is 20.2. The van der Waals surface area contributed by atoms with Gasteiger partial charge in [-0.2, -0.15) is 0 Å². The summed E-state index contributed by atoms with van der Waals surface area (Å²) in [7, 11) is 0. The molecule has 0 atom stereocenters. The molecule has 0 aliphatic carbocycles. The number of likely N-dealkylation sites (tertiary alicyclic amines) is 1. The molecule has 6 nitrogen and oxygen atoms in total. The van der Waals surface area contributed by atoms with E-state index in [9.17, 15) is 9.90 Å². The summed E-state index contributed by atoms with van der Waals surface area (Å²) in [6.45, 7) is 8.22. The monoisotopic (exact) mass is 488 g/mol. The number of ether oxygens (including phenoxy) is 1. The number of carbonyl (C=O) groups excluding carboxylic acids is 1. The first-order chi connectivity index (χ1) is 16.5. The second-order valence-corrected chi connectivity index (χ2v) is 9.28. The minimum atomic E-state index is -0.0666. The van der Waals surface area contributed by atoms with E-state index in [1.807, 2.05) is 11.8 Å². The molecule has 0 radical (unpaired) electrons. The van der Waals surface area contributed by atoms with Crippen LogP contribution in [0.25, 0.3) is 5.76 Å². The Bertz CT molecular complexity index is 920. The van der Waals surface area contributed by atoms with E-state index in [1.165, 1.54) is 6.42 Å². The van der Waals surface area contributed by atoms with Gasteiger partial charge >= 0.3 is 0 Å². The van der Waals surface area contributed by atoms with E-state index in [0.29, 0.717) is 31.6 Å². The minimum absolute atomic E-state index is 0.0267. The highest BCUT2D eigenvalue weighted by atomic mass is 35.5. The third kappa shape index (κ3) is 7.26. The zero-order valence-electron chi connectivity index (χ0n) is 20.3. The number of piperidine rings is 1. The number of halogens is 1. The van der Waals surface area contributed by atoms with Gasteiger partial charge in [0, 0.05) is 25.1 Å². The third-order valence-electron chi connectivity index (χ3n) is 6.37. The molecule has 2 aliphatic heterocycles. The average molecular weight is 489 g/mol. The molecule has 2 heterocycles. The highest BCUT2D eigenvalue weighted by Crippen LogP contribution is 2.37. The maximum Gasteiger partial charge on any atom is 0.263 e. The Hall–Kier alpha value is -2.47. The van der Waals surface area contributed by atoms with Gasteiger partial charge in [-0.25, -0.2) is 0 Å². The van der Waals surface area contributed by atoms with E-state index >= 15 is 0 Å². The fraction of sp³-hybridized carbons (Fsp3) is 0.556. The molecule has 0 spiro atoms. The highest BCUT2D eigenvalue weighted by molar-refractivity contribution is 6.33. The first-order valence-corrected chi connectivity index (χ1v) is 12.8. The maximum atomic E-state index is 12.5. The Morgan fingerprint density at radius 1 is 1.21 bits per heavy atom. The number of fused-ring (bicyclic) bond motifs is 1. The summed E-state index contributed by atoms with van der Waals surface area (Å²) in [5, 5.41) is 15.1. The first-order valence-electron chi connectivity index (χ1n) is 12.5. The Morgan fingerprint density at radius 3 is 2.74 bits per heavy atom. The van der Waals surface area contributed by atoms with Gasteiger partial charge in [-0.3, -0.25) is 4.79 Å². The summed E-state index contributed by atoms with van der Waals surface area (Å²) in [5.74, 6) is 0.551. The molecule has 186 valence electrons. The summed E-state index contributed by atoms with van der Waals surface area (Å²) in [4.78, 5) is 19.9. The van der Waals surface area contributed by atoms with Crippen LogP contribution in [0, 0.1) is 0 Å². The van der Waals surface area contributed by atoms with Crippen LogP contribution in [0.5, 0.6) is 5.75 Å². The zero-order chi connectivity index (χ0) is 24.3. The van der Waals surface area contributed by atoms with Crippen molar-refractivity contribution in [3.8, 4) is 5.75 Å². The van der Waals surface area contributed by atoms with Crippen molar-refractivity contribution < 1.29 is 19.5 Å². The number of rotatable bonds is 4. The van der Waals surface area contributed by atoms with Crippen LogP contribution in [0.4, 0.5) is 0 Å². The second kappa shape index (κ2) is 13.4. The van der Waals surface area contributed by atoms with Crippen LogP contribution in [-0.4, -0.2) is 47.9 Å². The van der Waals surface area contributed by atoms with E-state index in [1.54, 1.807) is 6.07 Å². The number of hydrogen-bond acceptors (Lipinski definition) is 5. The van der Waals surface area contributed by atoms with Crippen LogP contribution in [0.15, 0.2) is 30.0 Å². The smallest absolute Gasteiger partial charge is 0.263 e. The zero-order valence-corrected chi connectivity index (χ0v) is 21.0. The molecular formula is C27H37ClN2O4. The van der Waals surface area contributed by atoms with Crippen LogP contribution in [0.3, 0.4) is 0 Å². The number of oxime groups is 1. The van der Waals surface area contributed by atoms with Crippen LogP contribution in [0.2, 0.25) is 5.02 Å². The summed E-state index contributed by atoms with van der Waals surface area (Å²) in [6.07, 6.45) is 13.1. The van der Waals surface area contributed by atoms with E-state index in [-0.39, 0.29) is 23.3 Å². The van der Waals surface area contributed by atoms with Crippen LogP contribution < -0.4 is 0 Å². The van der Waals surface area contributed by atoms with Crippen molar-refractivity contribution in [1.29, 1.82) is 0 Å². The quantitative estimate of drug-likeness (QED) is 0.414. The summed E-state index contributed by atoms with van der Waals surface area (Å²) >= 11 is 6.59. The average Bonchev–Trinajstić information content (AvgIpc) is 2.85. The second-order valence-electron chi connectivity index (χ2n) is 8.90. The molecule has 7 heteroatoms. The molecular weight excluding hydrogens is 452 g/mol. The van der Waals surface area contributed by atoms with Crippen molar-refractivity contribution in [2.45, 2.75) is 71.1 Å². The van der Waals surface area contributed by atoms with Crippen molar-refractivity contribution in [3.05, 3.63) is 46.5 Å². The van der Waals surface area contributed by atoms with E-state index in [4.69, 9.17) is 21.2 Å². The molecule has 1 fully saturated rings. The predicted molar refractivity (Wildman–Crippen MR) is 137 cm³/mol. The largest absolute Gasteiger partial charge is 0.506 e. The number of benzene rings is 1. The van der Waals surface area contributed by atoms with Crippen LogP contribution in [0.1, 0.15) is 75.0 Å². The van der Waals surface area contributed by atoms with Gasteiger partial charge in [-0.15, -0.1) is 0 Å². The summed E-state index contributed by atoms with van der Waals surface area (Å²) in [5.41, 5.74) is 3.27. The lowest BCUT2D eigenvalue weighted by Crippen LogP contribution is -2.37. The molecule has 0 saturated carbocycles. The van der Waals surface area contributed by atoms with Gasteiger partial charge in [0.1, 0.15) is 11.5 Å². The Labute approximate surface area is 208 Å². The molecule has 0 bridgehead atoms. The lowest BCUT2D eigenvalue weighted by Gasteiger charge is -2.26. The van der Waals surface area contributed by atoms with Gasteiger partial charge in [0.25, 0.3) is 5.91 Å². The molecule has 1 aromatic carbocycles. The SMILES string of the molecule is C=C1OCC/C=C/CCCC/C(=N/OCC(=O)N2CCCCC2)Cc2c(Cl)c(O)cc(CC)c21. The van der Waals surface area contributed by atoms with Crippen LogP contribution in [-0.2, 0) is 27.2 Å². The standard InChI is InChI=1S/C27H37ClN2O4/c1-3-21-17-24(31)27(28)23-18-22(29-34-19-25(32)30-14-10-8-11-15-30)13-9-6-4-5-7-12-16-33-20(2)26(21)23/h5,7,17,31H,2-4,6,8-16,18-19H2,1H3/b7-5+,29-22-. The van der Waals surface area contributed by atoms with E-state index in [2.05, 4.69) is 23.9 Å². The molecule has 0 unspecified atom stereocenters. The fourth-order valence-electron chi connectivity index (χ4n) is 4.48. The number of phenols is 1. The van der Waals surface area contributed by atoms with E-state index in [0.717, 1.165) is 74.0 Å². The number of phenolic OH excluding ortho intramolecular Hbond substituents is 1. The van der Waals surface area contributed by atoms with Gasteiger partial charge in [0.2, 0.25) is 0 Å². The van der Waals surface area contributed by atoms with Gasteiger partial charge in [-0.05, 0) is 75.0 Å². The fourth-order valence-corrected chi connectivity index (χ4v) is 4.70. The van der Waals surface area contributed by atoms with Gasteiger partial charge < -0.3 is 19.6 Å². The molecule has 1 saturated heterocycles. The lowest BCUT2D eigenvalue weighted by molar-refractivity contribution is -0.137. The molecule has 1 N–H and O–H groups in total. The molecule has 2 aliphatic rings. The Kier molecular flexibility index (Phi) is 10.3. The lowest BCUT2D eigenvalue weighted by atomic mass is 9.92. The van der Waals surface area contributed by atoms with Crippen LogP contribution >= 0.6 is 11.6 Å². The van der Waals surface area contributed by atoms with Crippen molar-refractivity contribution >= 4 is 29.0 Å². The number of aryl methyl sites for hydroxylation is 1. The molecule has 3 rings (SSSR count). The Balaban J connectivity index is 1.86. The summed E-state index contributed by atoms with van der Waals surface area (Å²) in [6, 6.07) is 1.68. The number of allylic oxidation sites excluding steroid dienone is 1. The van der Waals surface area contributed by atoms with Gasteiger partial charge in [-0.1, -0.05) is 42.4 Å². The number of nitrogens with zero attached hydrogens (tertiary/aromatic N) is 2. The molecule has 1 aromatic rings. The molecule has 1 amide bonds. The number of amides is 1. The molecule has 34 heavy (non-hydrogen) atoms. The number of aromatic hydroxyl groups is 1. The van der Waals surface area contributed by atoms with Gasteiger partial charge in [0.05, 0.1) is 17.3 Å². The van der Waals surface area contributed by atoms with Crippen molar-refractivity contribution in [2.24, 2.45) is 5.16 Å². The number of hydrogen-bond donors (Lipinski definition) is 1. The minimum Gasteiger partial charge on any atom is -0.506 e.